The predicted molar refractivity (Wildman–Crippen MR) is 84.9 cm³/mol. The first-order valence-electron chi connectivity index (χ1n) is 7.89. The Kier molecular flexibility index (Phi) is 4.17. The zero-order valence-electron chi connectivity index (χ0n) is 12.8. The van der Waals surface area contributed by atoms with Gasteiger partial charge in [0.15, 0.2) is 0 Å². The van der Waals surface area contributed by atoms with Crippen molar-refractivity contribution in [3.63, 3.8) is 0 Å². The summed E-state index contributed by atoms with van der Waals surface area (Å²) in [5, 5.41) is 11.6. The van der Waals surface area contributed by atoms with Crippen LogP contribution < -0.4 is 4.74 Å². The Morgan fingerprint density at radius 3 is 2.52 bits per heavy atom. The second-order valence-corrected chi connectivity index (χ2v) is 7.16. The molecule has 21 heavy (non-hydrogen) atoms. The molecule has 3 nitrogen and oxygen atoms in total. The van der Waals surface area contributed by atoms with E-state index in [1.807, 2.05) is 18.2 Å². The van der Waals surface area contributed by atoms with Gasteiger partial charge in [0.05, 0.1) is 6.04 Å². The van der Waals surface area contributed by atoms with Crippen LogP contribution in [-0.4, -0.2) is 34.7 Å². The molecule has 1 N–H and O–H groups in total. The quantitative estimate of drug-likeness (QED) is 0.856. The summed E-state index contributed by atoms with van der Waals surface area (Å²) in [6.45, 7) is 6.21. The highest BCUT2D eigenvalue weighted by Gasteiger charge is 2.46. The van der Waals surface area contributed by atoms with Gasteiger partial charge in [-0.05, 0) is 58.0 Å². The monoisotopic (exact) mass is 309 g/mol. The highest BCUT2D eigenvalue weighted by atomic mass is 35.5. The van der Waals surface area contributed by atoms with Gasteiger partial charge in [0.25, 0.3) is 0 Å². The average Bonchev–Trinajstić information content (AvgIpc) is 2.68. The van der Waals surface area contributed by atoms with Crippen LogP contribution in [0.5, 0.6) is 5.75 Å². The van der Waals surface area contributed by atoms with Crippen molar-refractivity contribution in [2.45, 2.75) is 57.3 Å². The van der Waals surface area contributed by atoms with Crippen LogP contribution in [-0.2, 0) is 0 Å². The van der Waals surface area contributed by atoms with Crippen LogP contribution in [0, 0.1) is 0 Å². The zero-order valence-corrected chi connectivity index (χ0v) is 13.6. The molecule has 2 heterocycles. The topological polar surface area (TPSA) is 32.7 Å². The summed E-state index contributed by atoms with van der Waals surface area (Å²) >= 11 is 6.09. The van der Waals surface area contributed by atoms with E-state index in [1.54, 1.807) is 0 Å². The van der Waals surface area contributed by atoms with Gasteiger partial charge >= 0.3 is 0 Å². The Balaban J connectivity index is 1.95. The summed E-state index contributed by atoms with van der Waals surface area (Å²) in [4.78, 5) is 2.40. The molecule has 2 unspecified atom stereocenters. The van der Waals surface area contributed by atoms with Gasteiger partial charge in [-0.2, -0.15) is 0 Å². The molecular weight excluding hydrogens is 286 g/mol. The molecule has 1 saturated heterocycles. The highest BCUT2D eigenvalue weighted by Crippen LogP contribution is 2.43. The van der Waals surface area contributed by atoms with Crippen molar-refractivity contribution in [1.29, 1.82) is 0 Å². The van der Waals surface area contributed by atoms with Crippen LogP contribution in [0.25, 0.3) is 0 Å². The summed E-state index contributed by atoms with van der Waals surface area (Å²) in [6.07, 6.45) is 4.40. The summed E-state index contributed by atoms with van der Waals surface area (Å²) in [7, 11) is 0. The molecule has 0 bridgehead atoms. The number of fused-ring (bicyclic) bond motifs is 1. The van der Waals surface area contributed by atoms with E-state index < -0.39 is 11.7 Å². The maximum absolute atomic E-state index is 10.9. The minimum absolute atomic E-state index is 0.0263. The van der Waals surface area contributed by atoms with Gasteiger partial charge in [-0.3, -0.25) is 4.90 Å². The Morgan fingerprint density at radius 1 is 1.19 bits per heavy atom. The van der Waals surface area contributed by atoms with E-state index in [9.17, 15) is 5.11 Å². The van der Waals surface area contributed by atoms with E-state index >= 15 is 0 Å². The van der Waals surface area contributed by atoms with Crippen LogP contribution in [0.2, 0.25) is 5.02 Å². The van der Waals surface area contributed by atoms with Crippen LogP contribution in [0.1, 0.15) is 51.2 Å². The van der Waals surface area contributed by atoms with E-state index in [-0.39, 0.29) is 6.04 Å². The number of hydrogen-bond acceptors (Lipinski definition) is 3. The standard InChI is InChI=1S/C17H24ClNO2/c1-17(2)16(19-9-5-3-4-6-10-19)15(20)13-11-12(18)7-8-14(13)21-17/h7-8,11,15-16,20H,3-6,9-10H2,1-2H3. The second kappa shape index (κ2) is 5.79. The third-order valence-corrected chi connectivity index (χ3v) is 4.94. The van der Waals surface area contributed by atoms with Gasteiger partial charge in [-0.15, -0.1) is 0 Å². The number of benzene rings is 1. The molecule has 0 aromatic heterocycles. The number of ether oxygens (including phenoxy) is 1. The molecular formula is C17H24ClNO2. The number of rotatable bonds is 1. The van der Waals surface area contributed by atoms with Crippen LogP contribution in [0.15, 0.2) is 18.2 Å². The second-order valence-electron chi connectivity index (χ2n) is 6.73. The van der Waals surface area contributed by atoms with Crippen molar-refractivity contribution >= 4 is 11.6 Å². The van der Waals surface area contributed by atoms with Crippen molar-refractivity contribution in [3.8, 4) is 5.75 Å². The minimum atomic E-state index is -0.555. The van der Waals surface area contributed by atoms with E-state index in [1.165, 1.54) is 25.7 Å². The third kappa shape index (κ3) is 2.92. The summed E-state index contributed by atoms with van der Waals surface area (Å²) in [6, 6.07) is 5.49. The fraction of sp³-hybridized carbons (Fsp3) is 0.647. The molecule has 0 radical (unpaired) electrons. The number of halogens is 1. The lowest BCUT2D eigenvalue weighted by Crippen LogP contribution is -2.58. The van der Waals surface area contributed by atoms with Crippen molar-refractivity contribution < 1.29 is 9.84 Å². The number of likely N-dealkylation sites (tertiary alicyclic amines) is 1. The lowest BCUT2D eigenvalue weighted by atomic mass is 9.84. The molecule has 116 valence electrons. The van der Waals surface area contributed by atoms with Crippen molar-refractivity contribution in [2.75, 3.05) is 13.1 Å². The molecule has 2 atom stereocenters. The van der Waals surface area contributed by atoms with Crippen LogP contribution in [0.3, 0.4) is 0 Å². The van der Waals surface area contributed by atoms with Crippen molar-refractivity contribution in [3.05, 3.63) is 28.8 Å². The Labute approximate surface area is 131 Å². The van der Waals surface area contributed by atoms with Gasteiger partial charge in [0.1, 0.15) is 17.5 Å². The first-order chi connectivity index (χ1) is 9.99. The van der Waals surface area contributed by atoms with Crippen molar-refractivity contribution in [2.24, 2.45) is 0 Å². The first-order valence-corrected chi connectivity index (χ1v) is 8.27. The fourth-order valence-electron chi connectivity index (χ4n) is 3.75. The van der Waals surface area contributed by atoms with Crippen molar-refractivity contribution in [1.82, 2.24) is 4.90 Å². The van der Waals surface area contributed by atoms with E-state index in [0.717, 1.165) is 24.4 Å². The summed E-state index contributed by atoms with van der Waals surface area (Å²) in [5.41, 5.74) is 0.404. The molecule has 4 heteroatoms. The molecule has 1 aromatic rings. The Bertz CT molecular complexity index is 510. The molecule has 0 aliphatic carbocycles. The molecule has 2 aliphatic heterocycles. The minimum Gasteiger partial charge on any atom is -0.486 e. The largest absolute Gasteiger partial charge is 0.486 e. The molecule has 1 fully saturated rings. The molecule has 0 spiro atoms. The average molecular weight is 310 g/mol. The number of hydrogen-bond donors (Lipinski definition) is 1. The smallest absolute Gasteiger partial charge is 0.126 e. The van der Waals surface area contributed by atoms with E-state index in [2.05, 4.69) is 18.7 Å². The molecule has 0 amide bonds. The summed E-state index contributed by atoms with van der Waals surface area (Å²) < 4.78 is 6.19. The van der Waals surface area contributed by atoms with Gasteiger partial charge in [0.2, 0.25) is 0 Å². The maximum atomic E-state index is 10.9. The first kappa shape index (κ1) is 15.1. The molecule has 3 rings (SSSR count). The summed E-state index contributed by atoms with van der Waals surface area (Å²) in [5.74, 6) is 0.753. The van der Waals surface area contributed by atoms with Crippen LogP contribution >= 0.6 is 11.6 Å². The normalized spacial score (nSPS) is 29.3. The van der Waals surface area contributed by atoms with E-state index in [4.69, 9.17) is 16.3 Å². The lowest BCUT2D eigenvalue weighted by Gasteiger charge is -2.48. The lowest BCUT2D eigenvalue weighted by molar-refractivity contribution is -0.0818. The zero-order chi connectivity index (χ0) is 15.0. The molecule has 0 saturated carbocycles. The molecule has 1 aromatic carbocycles. The molecule has 2 aliphatic rings. The Morgan fingerprint density at radius 2 is 1.86 bits per heavy atom. The number of aliphatic hydroxyl groups is 1. The van der Waals surface area contributed by atoms with Crippen LogP contribution in [0.4, 0.5) is 0 Å². The predicted octanol–water partition coefficient (Wildman–Crippen LogP) is 3.79. The maximum Gasteiger partial charge on any atom is 0.126 e. The van der Waals surface area contributed by atoms with Gasteiger partial charge in [0, 0.05) is 10.6 Å². The third-order valence-electron chi connectivity index (χ3n) is 4.71. The number of aliphatic hydroxyl groups excluding tert-OH is 1. The highest BCUT2D eigenvalue weighted by molar-refractivity contribution is 6.30. The fourth-order valence-corrected chi connectivity index (χ4v) is 3.93. The SMILES string of the molecule is CC1(C)Oc2ccc(Cl)cc2C(O)C1N1CCCCCC1. The van der Waals surface area contributed by atoms with E-state index in [0.29, 0.717) is 5.02 Å². The Hall–Kier alpha value is -0.770. The number of nitrogens with zero attached hydrogens (tertiary/aromatic N) is 1. The van der Waals surface area contributed by atoms with Gasteiger partial charge < -0.3 is 9.84 Å². The van der Waals surface area contributed by atoms with Gasteiger partial charge in [-0.25, -0.2) is 0 Å². The van der Waals surface area contributed by atoms with Gasteiger partial charge in [-0.1, -0.05) is 24.4 Å².